The van der Waals surface area contributed by atoms with E-state index in [1.54, 1.807) is 27.7 Å². The molecular weight excluding hydrogens is 442 g/mol. The average molecular weight is 478 g/mol. The quantitative estimate of drug-likeness (QED) is 0.492. The number of nitrogens with zero attached hydrogens (tertiary/aromatic N) is 2. The molecule has 11 heteroatoms. The van der Waals surface area contributed by atoms with E-state index in [-0.39, 0.29) is 12.6 Å². The predicted octanol–water partition coefficient (Wildman–Crippen LogP) is 2.08. The van der Waals surface area contributed by atoms with E-state index in [0.29, 0.717) is 13.0 Å². The van der Waals surface area contributed by atoms with Crippen LogP contribution >= 0.6 is 0 Å². The molecule has 1 heterocycles. The molecule has 0 spiro atoms. The summed E-state index contributed by atoms with van der Waals surface area (Å²) in [5, 5.41) is 3.66. The molecule has 1 fully saturated rings. The van der Waals surface area contributed by atoms with Gasteiger partial charge in [0.2, 0.25) is 0 Å². The van der Waals surface area contributed by atoms with Crippen molar-refractivity contribution in [2.75, 3.05) is 6.54 Å². The maximum atomic E-state index is 12.9. The molecule has 11 nitrogen and oxygen atoms in total. The molecule has 1 aliphatic rings. The highest BCUT2D eigenvalue weighted by Gasteiger charge is 2.41. The van der Waals surface area contributed by atoms with Gasteiger partial charge < -0.3 is 15.0 Å². The minimum atomic E-state index is -0.953. The molecule has 0 aliphatic carbocycles. The third-order valence-electron chi connectivity index (χ3n) is 5.01. The molecule has 1 aliphatic heterocycles. The molecule has 5 amide bonds. The Morgan fingerprint density at radius 2 is 1.74 bits per heavy atom. The molecule has 0 radical (unpaired) electrons. The number of urea groups is 1. The topological polar surface area (TPSA) is 129 Å². The number of hydroxylamine groups is 2. The van der Waals surface area contributed by atoms with Gasteiger partial charge in [-0.2, -0.15) is 5.06 Å². The van der Waals surface area contributed by atoms with Gasteiger partial charge in [-0.3, -0.25) is 25.3 Å². The average Bonchev–Trinajstić information content (AvgIpc) is 3.03. The first-order valence-electron chi connectivity index (χ1n) is 11.3. The molecule has 2 rings (SSSR count). The predicted molar refractivity (Wildman–Crippen MR) is 124 cm³/mol. The van der Waals surface area contributed by atoms with E-state index in [1.807, 2.05) is 37.3 Å². The minimum Gasteiger partial charge on any atom is -0.444 e. The fourth-order valence-corrected chi connectivity index (χ4v) is 3.33. The fraction of sp³-hybridized carbons (Fsp3) is 0.565. The first-order chi connectivity index (χ1) is 15.9. The third kappa shape index (κ3) is 7.62. The van der Waals surface area contributed by atoms with Gasteiger partial charge in [0.1, 0.15) is 24.3 Å². The molecule has 1 aromatic rings. The Bertz CT molecular complexity index is 872. The van der Waals surface area contributed by atoms with Crippen LogP contribution < -0.4 is 16.2 Å². The van der Waals surface area contributed by atoms with Crippen LogP contribution in [-0.4, -0.2) is 64.2 Å². The molecular formula is C23H35N5O6. The molecule has 0 aromatic heterocycles. The lowest BCUT2D eigenvalue weighted by Crippen LogP contribution is -2.56. The zero-order valence-electron chi connectivity index (χ0n) is 20.6. The van der Waals surface area contributed by atoms with E-state index in [0.717, 1.165) is 5.56 Å². The lowest BCUT2D eigenvalue weighted by molar-refractivity contribution is -0.138. The molecule has 1 saturated heterocycles. The second-order valence-corrected chi connectivity index (χ2v) is 9.14. The number of ether oxygens (including phenoxy) is 1. The van der Waals surface area contributed by atoms with Crippen molar-refractivity contribution in [1.82, 2.24) is 26.1 Å². The number of rotatable bonds is 8. The summed E-state index contributed by atoms with van der Waals surface area (Å²) in [4.78, 5) is 56.9. The molecule has 3 unspecified atom stereocenters. The summed E-state index contributed by atoms with van der Waals surface area (Å²) in [6.45, 7) is 10.7. The van der Waals surface area contributed by atoms with E-state index < -0.39 is 41.6 Å². The Hall–Kier alpha value is -3.34. The third-order valence-corrected chi connectivity index (χ3v) is 5.01. The van der Waals surface area contributed by atoms with Crippen LogP contribution in [0, 0.1) is 0 Å². The van der Waals surface area contributed by atoms with Crippen LogP contribution in [0.15, 0.2) is 30.3 Å². The number of hydrogen-bond donors (Lipinski definition) is 3. The number of alkyl carbamates (subject to hydrolysis) is 1. The van der Waals surface area contributed by atoms with Crippen molar-refractivity contribution in [1.29, 1.82) is 0 Å². The van der Waals surface area contributed by atoms with Crippen LogP contribution in [0.25, 0.3) is 0 Å². The fourth-order valence-electron chi connectivity index (χ4n) is 3.33. The number of nitrogens with one attached hydrogen (secondary N) is 3. The summed E-state index contributed by atoms with van der Waals surface area (Å²) in [6.07, 6.45) is -0.418. The maximum absolute atomic E-state index is 12.9. The van der Waals surface area contributed by atoms with Gasteiger partial charge in [-0.25, -0.2) is 9.59 Å². The Morgan fingerprint density at radius 3 is 2.32 bits per heavy atom. The second kappa shape index (κ2) is 11.7. The summed E-state index contributed by atoms with van der Waals surface area (Å²) in [5.74, 6) is -1.19. The Labute approximate surface area is 200 Å². The van der Waals surface area contributed by atoms with Crippen molar-refractivity contribution in [3.63, 3.8) is 0 Å². The van der Waals surface area contributed by atoms with Crippen molar-refractivity contribution in [2.24, 2.45) is 0 Å². The number of hydrogen-bond acceptors (Lipinski definition) is 6. The van der Waals surface area contributed by atoms with Crippen LogP contribution in [-0.2, 0) is 25.8 Å². The van der Waals surface area contributed by atoms with Gasteiger partial charge >= 0.3 is 12.1 Å². The van der Waals surface area contributed by atoms with Crippen LogP contribution in [0.4, 0.5) is 9.59 Å². The van der Waals surface area contributed by atoms with Gasteiger partial charge in [0.05, 0.1) is 6.04 Å². The van der Waals surface area contributed by atoms with Crippen molar-refractivity contribution in [3.8, 4) is 0 Å². The summed E-state index contributed by atoms with van der Waals surface area (Å²) in [6, 6.07) is 7.01. The Balaban J connectivity index is 1.89. The smallest absolute Gasteiger partial charge is 0.408 e. The lowest BCUT2D eigenvalue weighted by atomic mass is 10.2. The number of hydrazine groups is 1. The van der Waals surface area contributed by atoms with Crippen molar-refractivity contribution < 1.29 is 28.8 Å². The highest BCUT2D eigenvalue weighted by Crippen LogP contribution is 2.21. The van der Waals surface area contributed by atoms with Gasteiger partial charge in [-0.05, 0) is 46.6 Å². The van der Waals surface area contributed by atoms with E-state index in [2.05, 4.69) is 16.2 Å². The van der Waals surface area contributed by atoms with Crippen molar-refractivity contribution >= 4 is 23.9 Å². The van der Waals surface area contributed by atoms with Gasteiger partial charge in [0, 0.05) is 6.54 Å². The van der Waals surface area contributed by atoms with Crippen LogP contribution in [0.5, 0.6) is 0 Å². The van der Waals surface area contributed by atoms with Gasteiger partial charge in [0.25, 0.3) is 11.8 Å². The van der Waals surface area contributed by atoms with E-state index in [4.69, 9.17) is 9.57 Å². The zero-order valence-corrected chi connectivity index (χ0v) is 20.6. The first-order valence-corrected chi connectivity index (χ1v) is 11.3. The SMILES string of the molecule is CCC(C(=O)NNC(=O)C(C)NC(=O)OC(C)(C)C)N1CC(C)N(OCc2ccccc2)C1=O. The first kappa shape index (κ1) is 26.9. The highest BCUT2D eigenvalue weighted by molar-refractivity contribution is 5.91. The molecule has 188 valence electrons. The van der Waals surface area contributed by atoms with Crippen molar-refractivity contribution in [3.05, 3.63) is 35.9 Å². The summed E-state index contributed by atoms with van der Waals surface area (Å²) >= 11 is 0. The summed E-state index contributed by atoms with van der Waals surface area (Å²) in [7, 11) is 0. The van der Waals surface area contributed by atoms with Crippen molar-refractivity contribution in [2.45, 2.75) is 78.3 Å². The molecule has 0 bridgehead atoms. The minimum absolute atomic E-state index is 0.229. The van der Waals surface area contributed by atoms with Crippen LogP contribution in [0.3, 0.4) is 0 Å². The number of carbonyl (C=O) groups is 4. The van der Waals surface area contributed by atoms with Gasteiger partial charge in [0.15, 0.2) is 0 Å². The zero-order chi connectivity index (χ0) is 25.5. The second-order valence-electron chi connectivity index (χ2n) is 9.14. The molecule has 0 saturated carbocycles. The summed E-state index contributed by atoms with van der Waals surface area (Å²) < 4.78 is 5.11. The van der Waals surface area contributed by atoms with E-state index >= 15 is 0 Å². The van der Waals surface area contributed by atoms with E-state index in [9.17, 15) is 19.2 Å². The largest absolute Gasteiger partial charge is 0.444 e. The molecule has 1 aromatic carbocycles. The Kier molecular flexibility index (Phi) is 9.25. The lowest BCUT2D eigenvalue weighted by Gasteiger charge is -2.26. The number of amides is 5. The molecule has 34 heavy (non-hydrogen) atoms. The van der Waals surface area contributed by atoms with Crippen LogP contribution in [0.1, 0.15) is 53.5 Å². The monoisotopic (exact) mass is 477 g/mol. The molecule has 3 atom stereocenters. The normalized spacial score (nSPS) is 17.7. The summed E-state index contributed by atoms with van der Waals surface area (Å²) in [5.41, 5.74) is 4.83. The van der Waals surface area contributed by atoms with Crippen LogP contribution in [0.2, 0.25) is 0 Å². The van der Waals surface area contributed by atoms with Gasteiger partial charge in [-0.1, -0.05) is 37.3 Å². The Morgan fingerprint density at radius 1 is 1.12 bits per heavy atom. The van der Waals surface area contributed by atoms with E-state index in [1.165, 1.54) is 16.9 Å². The molecule has 3 N–H and O–H groups in total. The maximum Gasteiger partial charge on any atom is 0.408 e. The van der Waals surface area contributed by atoms with Gasteiger partial charge in [-0.15, -0.1) is 0 Å². The number of carbonyl (C=O) groups excluding carboxylic acids is 4. The number of benzene rings is 1. The highest BCUT2D eigenvalue weighted by atomic mass is 16.7. The standard InChI is InChI=1S/C23H35N5O6/c1-7-18(20(30)26-25-19(29)16(3)24-21(31)34-23(4,5)6)27-13-15(2)28(22(27)32)33-14-17-11-9-8-10-12-17/h8-12,15-16,18H,7,13-14H2,1-6H3,(H,24,31)(H,25,29)(H,26,30).